The molecular formula is C14H12ClNOS. The summed E-state index contributed by atoms with van der Waals surface area (Å²) in [4.78, 5) is 15.6. The molecule has 2 aromatic rings. The number of Topliss-reactive ketones (excluding diaryl/α,β-unsaturated/α-hetero) is 1. The molecule has 2 heterocycles. The van der Waals surface area contributed by atoms with Crippen LogP contribution in [0.25, 0.3) is 0 Å². The van der Waals surface area contributed by atoms with Crippen LogP contribution in [0, 0.1) is 6.92 Å². The highest BCUT2D eigenvalue weighted by Crippen LogP contribution is 2.38. The van der Waals surface area contributed by atoms with E-state index in [9.17, 15) is 4.79 Å². The highest BCUT2D eigenvalue weighted by Gasteiger charge is 2.30. The van der Waals surface area contributed by atoms with Crippen LogP contribution in [0.15, 0.2) is 35.4 Å². The number of thioether (sulfide) groups is 1. The average Bonchev–Trinajstić information content (AvgIpc) is 2.85. The van der Waals surface area contributed by atoms with Crippen molar-refractivity contribution < 1.29 is 4.79 Å². The number of fused-ring (bicyclic) bond motifs is 1. The van der Waals surface area contributed by atoms with E-state index in [4.69, 9.17) is 11.6 Å². The quantitative estimate of drug-likeness (QED) is 0.845. The zero-order valence-corrected chi connectivity index (χ0v) is 11.4. The number of rotatable bonds is 2. The first-order valence-corrected chi connectivity index (χ1v) is 7.04. The molecule has 1 N–H and O–H groups in total. The summed E-state index contributed by atoms with van der Waals surface area (Å²) in [5.41, 5.74) is 3.10. The third kappa shape index (κ3) is 2.08. The zero-order valence-electron chi connectivity index (χ0n) is 9.87. The summed E-state index contributed by atoms with van der Waals surface area (Å²) < 4.78 is 0. The van der Waals surface area contributed by atoms with Gasteiger partial charge in [0.15, 0.2) is 5.78 Å². The van der Waals surface area contributed by atoms with E-state index in [0.717, 1.165) is 17.1 Å². The summed E-state index contributed by atoms with van der Waals surface area (Å²) in [6.07, 6.45) is 0.801. The minimum Gasteiger partial charge on any atom is -0.354 e. The van der Waals surface area contributed by atoms with Crippen molar-refractivity contribution in [3.8, 4) is 0 Å². The molecule has 92 valence electrons. The number of benzene rings is 1. The molecule has 0 radical (unpaired) electrons. The Bertz CT molecular complexity index is 597. The highest BCUT2D eigenvalue weighted by atomic mass is 35.5. The van der Waals surface area contributed by atoms with E-state index in [2.05, 4.69) is 11.1 Å². The number of hydrogen-bond donors (Lipinski definition) is 1. The largest absolute Gasteiger partial charge is 0.354 e. The molecule has 1 aromatic carbocycles. The van der Waals surface area contributed by atoms with Crippen LogP contribution in [0.3, 0.4) is 0 Å². The monoisotopic (exact) mass is 277 g/mol. The predicted molar refractivity (Wildman–Crippen MR) is 74.7 cm³/mol. The fraction of sp³-hybridized carbons (Fsp3) is 0.214. The number of carbonyl (C=O) groups is 1. The number of nitrogens with one attached hydrogen (secondary N) is 1. The molecule has 1 aromatic heterocycles. The summed E-state index contributed by atoms with van der Waals surface area (Å²) in [5, 5.41) is 1.72. The molecule has 3 rings (SSSR count). The molecule has 0 aliphatic carbocycles. The summed E-state index contributed by atoms with van der Waals surface area (Å²) in [5.74, 6) is 0.157. The molecule has 0 bridgehead atoms. The van der Waals surface area contributed by atoms with Gasteiger partial charge in [-0.05, 0) is 37.1 Å². The number of aromatic amines is 1. The highest BCUT2D eigenvalue weighted by molar-refractivity contribution is 8.00. The molecule has 1 atom stereocenters. The first kappa shape index (κ1) is 11.9. The Morgan fingerprint density at radius 2 is 2.28 bits per heavy atom. The lowest BCUT2D eigenvalue weighted by Crippen LogP contribution is -2.16. The topological polar surface area (TPSA) is 32.9 Å². The summed E-state index contributed by atoms with van der Waals surface area (Å²) in [7, 11) is 0. The number of hydrogen-bond acceptors (Lipinski definition) is 2. The van der Waals surface area contributed by atoms with Gasteiger partial charge in [-0.3, -0.25) is 4.79 Å². The summed E-state index contributed by atoms with van der Waals surface area (Å²) >= 11 is 7.54. The molecule has 0 spiro atoms. The molecule has 4 heteroatoms. The Morgan fingerprint density at radius 1 is 1.44 bits per heavy atom. The van der Waals surface area contributed by atoms with Crippen molar-refractivity contribution in [2.75, 3.05) is 0 Å². The van der Waals surface area contributed by atoms with Crippen molar-refractivity contribution in [1.29, 1.82) is 0 Å². The van der Waals surface area contributed by atoms with Gasteiger partial charge in [0.05, 0.1) is 10.3 Å². The fourth-order valence-electron chi connectivity index (χ4n) is 2.24. The Hall–Kier alpha value is -1.19. The maximum atomic E-state index is 12.4. The van der Waals surface area contributed by atoms with E-state index in [-0.39, 0.29) is 11.0 Å². The van der Waals surface area contributed by atoms with Crippen LogP contribution < -0.4 is 0 Å². The number of halogens is 1. The molecular weight excluding hydrogens is 266 g/mol. The maximum Gasteiger partial charge on any atom is 0.176 e. The SMILES string of the molecule is Cc1cc2c([nH]1)SC(C(=O)c1cccc(Cl)c1)C2. The molecule has 0 saturated heterocycles. The lowest BCUT2D eigenvalue weighted by atomic mass is 10.0. The smallest absolute Gasteiger partial charge is 0.176 e. The third-order valence-corrected chi connectivity index (χ3v) is 4.56. The van der Waals surface area contributed by atoms with Gasteiger partial charge in [-0.15, -0.1) is 0 Å². The molecule has 18 heavy (non-hydrogen) atoms. The van der Waals surface area contributed by atoms with Gasteiger partial charge in [0.25, 0.3) is 0 Å². The van der Waals surface area contributed by atoms with Crippen LogP contribution in [0.4, 0.5) is 0 Å². The van der Waals surface area contributed by atoms with Crippen molar-refractivity contribution in [2.24, 2.45) is 0 Å². The Labute approximate surface area is 115 Å². The fourth-order valence-corrected chi connectivity index (χ4v) is 3.73. The number of aromatic nitrogens is 1. The molecule has 1 aliphatic rings. The Kier molecular flexibility index (Phi) is 2.96. The number of H-pyrrole nitrogens is 1. The Morgan fingerprint density at radius 3 is 3.00 bits per heavy atom. The first-order chi connectivity index (χ1) is 8.63. The molecule has 0 amide bonds. The number of aryl methyl sites for hydroxylation is 1. The van der Waals surface area contributed by atoms with Crippen LogP contribution in [-0.2, 0) is 6.42 Å². The van der Waals surface area contributed by atoms with Gasteiger partial charge < -0.3 is 4.98 Å². The van der Waals surface area contributed by atoms with Crippen LogP contribution >= 0.6 is 23.4 Å². The van der Waals surface area contributed by atoms with E-state index < -0.39 is 0 Å². The lowest BCUT2D eigenvalue weighted by molar-refractivity contribution is 0.0990. The van der Waals surface area contributed by atoms with E-state index in [0.29, 0.717) is 10.6 Å². The molecule has 1 aliphatic heterocycles. The van der Waals surface area contributed by atoms with E-state index in [1.807, 2.05) is 19.1 Å². The van der Waals surface area contributed by atoms with Gasteiger partial charge in [-0.1, -0.05) is 35.5 Å². The van der Waals surface area contributed by atoms with Gasteiger partial charge in [0.2, 0.25) is 0 Å². The van der Waals surface area contributed by atoms with Crippen LogP contribution in [0.5, 0.6) is 0 Å². The van der Waals surface area contributed by atoms with Crippen molar-refractivity contribution in [3.05, 3.63) is 52.2 Å². The van der Waals surface area contributed by atoms with E-state index in [1.54, 1.807) is 23.9 Å². The zero-order chi connectivity index (χ0) is 12.7. The summed E-state index contributed by atoms with van der Waals surface area (Å²) in [6.45, 7) is 2.03. The van der Waals surface area contributed by atoms with Crippen molar-refractivity contribution in [1.82, 2.24) is 4.98 Å². The summed E-state index contributed by atoms with van der Waals surface area (Å²) in [6, 6.07) is 9.29. The van der Waals surface area contributed by atoms with Crippen molar-refractivity contribution in [2.45, 2.75) is 23.6 Å². The maximum absolute atomic E-state index is 12.4. The van der Waals surface area contributed by atoms with Gasteiger partial charge >= 0.3 is 0 Å². The normalized spacial score (nSPS) is 17.8. The lowest BCUT2D eigenvalue weighted by Gasteiger charge is -2.08. The second-order valence-corrected chi connectivity index (χ2v) is 6.14. The van der Waals surface area contributed by atoms with Gasteiger partial charge in [-0.2, -0.15) is 0 Å². The van der Waals surface area contributed by atoms with E-state index in [1.165, 1.54) is 5.56 Å². The van der Waals surface area contributed by atoms with E-state index >= 15 is 0 Å². The second kappa shape index (κ2) is 4.48. The third-order valence-electron chi connectivity index (χ3n) is 3.06. The molecule has 1 unspecified atom stereocenters. The van der Waals surface area contributed by atoms with Gasteiger partial charge in [0.1, 0.15) is 0 Å². The van der Waals surface area contributed by atoms with Crippen molar-refractivity contribution >= 4 is 29.1 Å². The number of carbonyl (C=O) groups excluding carboxylic acids is 1. The Balaban J connectivity index is 1.82. The standard InChI is InChI=1S/C14H12ClNOS/c1-8-5-10-7-12(18-14(10)16-8)13(17)9-3-2-4-11(15)6-9/h2-6,12,16H,7H2,1H3. The number of ketones is 1. The average molecular weight is 278 g/mol. The predicted octanol–water partition coefficient (Wildman–Crippen LogP) is 3.88. The first-order valence-electron chi connectivity index (χ1n) is 5.78. The molecule has 0 saturated carbocycles. The molecule has 2 nitrogen and oxygen atoms in total. The van der Waals surface area contributed by atoms with Gasteiger partial charge in [0, 0.05) is 16.3 Å². The second-order valence-electron chi connectivity index (χ2n) is 4.49. The van der Waals surface area contributed by atoms with Crippen LogP contribution in [0.1, 0.15) is 21.6 Å². The van der Waals surface area contributed by atoms with Gasteiger partial charge in [-0.25, -0.2) is 0 Å². The minimum absolute atomic E-state index is 0.0229. The van der Waals surface area contributed by atoms with Crippen LogP contribution in [0.2, 0.25) is 5.02 Å². The molecule has 0 fully saturated rings. The van der Waals surface area contributed by atoms with Crippen LogP contribution in [-0.4, -0.2) is 16.0 Å². The minimum atomic E-state index is -0.0229. The van der Waals surface area contributed by atoms with Crippen molar-refractivity contribution in [3.63, 3.8) is 0 Å².